The van der Waals surface area contributed by atoms with E-state index >= 15 is 0 Å². The van der Waals surface area contributed by atoms with Crippen LogP contribution in [0, 0.1) is 10.1 Å². The number of aromatic nitrogens is 1. The second-order valence-electron chi connectivity index (χ2n) is 4.24. The quantitative estimate of drug-likeness (QED) is 0.622. The molecule has 0 radical (unpaired) electrons. The van der Waals surface area contributed by atoms with Gasteiger partial charge in [-0.2, -0.15) is 0 Å². The van der Waals surface area contributed by atoms with Gasteiger partial charge < -0.3 is 10.2 Å². The third kappa shape index (κ3) is 3.32. The first-order chi connectivity index (χ1) is 8.49. The molecule has 100 valence electrons. The van der Waals surface area contributed by atoms with Crippen molar-refractivity contribution in [2.75, 3.05) is 23.3 Å². The molecule has 0 aliphatic carbocycles. The van der Waals surface area contributed by atoms with Crippen LogP contribution in [-0.2, 0) is 0 Å². The Bertz CT molecular complexity index is 421. The van der Waals surface area contributed by atoms with Crippen LogP contribution < -0.4 is 10.2 Å². The summed E-state index contributed by atoms with van der Waals surface area (Å²) >= 11 is 0. The number of rotatable bonds is 6. The zero-order valence-corrected chi connectivity index (χ0v) is 11.3. The predicted molar refractivity (Wildman–Crippen MR) is 73.2 cm³/mol. The third-order valence-corrected chi connectivity index (χ3v) is 2.62. The maximum atomic E-state index is 10.9. The van der Waals surface area contributed by atoms with E-state index in [4.69, 9.17) is 0 Å². The summed E-state index contributed by atoms with van der Waals surface area (Å²) < 4.78 is 0. The lowest BCUT2D eigenvalue weighted by molar-refractivity contribution is -0.384. The van der Waals surface area contributed by atoms with Gasteiger partial charge in [0.15, 0.2) is 0 Å². The van der Waals surface area contributed by atoms with E-state index in [0.29, 0.717) is 18.2 Å². The molecule has 0 spiro atoms. The Labute approximate surface area is 107 Å². The highest BCUT2D eigenvalue weighted by atomic mass is 16.6. The second-order valence-corrected chi connectivity index (χ2v) is 4.24. The summed E-state index contributed by atoms with van der Waals surface area (Å²) in [6, 6.07) is 3.23. The van der Waals surface area contributed by atoms with Crippen LogP contribution >= 0.6 is 0 Å². The molecular formula is C12H20N4O2. The summed E-state index contributed by atoms with van der Waals surface area (Å²) in [6.45, 7) is 9.46. The Balaban J connectivity index is 3.20. The van der Waals surface area contributed by atoms with Gasteiger partial charge in [0.05, 0.1) is 17.1 Å². The largest absolute Gasteiger partial charge is 0.370 e. The SMILES string of the molecule is CCNc1cc([N+](=O)[O-])cc(N(CC)C(C)C)n1. The van der Waals surface area contributed by atoms with E-state index in [1.54, 1.807) is 0 Å². The van der Waals surface area contributed by atoms with Crippen molar-refractivity contribution in [2.45, 2.75) is 33.7 Å². The Kier molecular flexibility index (Phi) is 4.88. The van der Waals surface area contributed by atoms with Gasteiger partial charge in [0.1, 0.15) is 11.6 Å². The number of nitrogens with one attached hydrogen (secondary N) is 1. The summed E-state index contributed by atoms with van der Waals surface area (Å²) in [5, 5.41) is 13.9. The van der Waals surface area contributed by atoms with Gasteiger partial charge in [-0.25, -0.2) is 4.98 Å². The fourth-order valence-corrected chi connectivity index (χ4v) is 1.82. The average molecular weight is 252 g/mol. The van der Waals surface area contributed by atoms with Gasteiger partial charge in [0.2, 0.25) is 0 Å². The highest BCUT2D eigenvalue weighted by molar-refractivity contribution is 5.56. The highest BCUT2D eigenvalue weighted by Crippen LogP contribution is 2.24. The lowest BCUT2D eigenvalue weighted by atomic mass is 10.3. The van der Waals surface area contributed by atoms with E-state index in [9.17, 15) is 10.1 Å². The predicted octanol–water partition coefficient (Wildman–Crippen LogP) is 2.66. The summed E-state index contributed by atoms with van der Waals surface area (Å²) in [5.41, 5.74) is 0.0649. The highest BCUT2D eigenvalue weighted by Gasteiger charge is 2.16. The fraction of sp³-hybridized carbons (Fsp3) is 0.583. The lowest BCUT2D eigenvalue weighted by Gasteiger charge is -2.26. The van der Waals surface area contributed by atoms with Gasteiger partial charge in [-0.15, -0.1) is 0 Å². The number of pyridine rings is 1. The van der Waals surface area contributed by atoms with E-state index < -0.39 is 0 Å². The molecule has 0 atom stereocenters. The first kappa shape index (κ1) is 14.2. The van der Waals surface area contributed by atoms with Crippen molar-refractivity contribution < 1.29 is 4.92 Å². The summed E-state index contributed by atoms with van der Waals surface area (Å²) in [7, 11) is 0. The van der Waals surface area contributed by atoms with E-state index in [2.05, 4.69) is 10.3 Å². The van der Waals surface area contributed by atoms with Crippen molar-refractivity contribution in [3.8, 4) is 0 Å². The maximum Gasteiger partial charge on any atom is 0.276 e. The minimum Gasteiger partial charge on any atom is -0.370 e. The van der Waals surface area contributed by atoms with Gasteiger partial charge in [0, 0.05) is 19.1 Å². The minimum atomic E-state index is -0.389. The standard InChI is InChI=1S/C12H20N4O2/c1-5-13-11-7-10(16(17)18)8-12(14-11)15(6-2)9(3)4/h7-9H,5-6H2,1-4H3,(H,13,14). The van der Waals surface area contributed by atoms with Crippen molar-refractivity contribution in [2.24, 2.45) is 0 Å². The molecule has 0 aromatic carbocycles. The van der Waals surface area contributed by atoms with Crippen molar-refractivity contribution in [3.05, 3.63) is 22.2 Å². The minimum absolute atomic E-state index is 0.0649. The lowest BCUT2D eigenvalue weighted by Crippen LogP contribution is -2.31. The number of nitrogens with zero attached hydrogens (tertiary/aromatic N) is 3. The fourth-order valence-electron chi connectivity index (χ4n) is 1.82. The van der Waals surface area contributed by atoms with Crippen molar-refractivity contribution in [1.82, 2.24) is 4.98 Å². The third-order valence-electron chi connectivity index (χ3n) is 2.62. The van der Waals surface area contributed by atoms with Crippen molar-refractivity contribution >= 4 is 17.3 Å². The van der Waals surface area contributed by atoms with Crippen molar-refractivity contribution in [3.63, 3.8) is 0 Å². The Hall–Kier alpha value is -1.85. The van der Waals surface area contributed by atoms with Crippen molar-refractivity contribution in [1.29, 1.82) is 0 Å². The molecule has 18 heavy (non-hydrogen) atoms. The van der Waals surface area contributed by atoms with Crippen LogP contribution in [0.1, 0.15) is 27.7 Å². The van der Waals surface area contributed by atoms with Gasteiger partial charge in [-0.1, -0.05) is 0 Å². The Morgan fingerprint density at radius 1 is 1.44 bits per heavy atom. The molecule has 6 heteroatoms. The second kappa shape index (κ2) is 6.18. The molecular weight excluding hydrogens is 232 g/mol. The van der Waals surface area contributed by atoms with Crippen LogP contribution in [0.25, 0.3) is 0 Å². The normalized spacial score (nSPS) is 10.5. The molecule has 0 unspecified atom stereocenters. The van der Waals surface area contributed by atoms with E-state index in [-0.39, 0.29) is 16.7 Å². The van der Waals surface area contributed by atoms with Crippen LogP contribution in [-0.4, -0.2) is 29.0 Å². The number of nitro groups is 1. The van der Waals surface area contributed by atoms with E-state index in [1.165, 1.54) is 12.1 Å². The zero-order valence-electron chi connectivity index (χ0n) is 11.3. The van der Waals surface area contributed by atoms with Crippen LogP contribution in [0.5, 0.6) is 0 Å². The molecule has 1 N–H and O–H groups in total. The molecule has 1 aromatic heterocycles. The van der Waals surface area contributed by atoms with Crippen LogP contribution in [0.15, 0.2) is 12.1 Å². The smallest absolute Gasteiger partial charge is 0.276 e. The monoisotopic (exact) mass is 252 g/mol. The molecule has 0 fully saturated rings. The molecule has 0 amide bonds. The molecule has 1 rings (SSSR count). The molecule has 0 saturated heterocycles. The zero-order chi connectivity index (χ0) is 13.7. The van der Waals surface area contributed by atoms with Gasteiger partial charge in [-0.05, 0) is 27.7 Å². The molecule has 0 bridgehead atoms. The molecule has 1 heterocycles. The molecule has 0 aliphatic heterocycles. The Morgan fingerprint density at radius 3 is 2.56 bits per heavy atom. The van der Waals surface area contributed by atoms with Crippen LogP contribution in [0.4, 0.5) is 17.3 Å². The first-order valence-electron chi connectivity index (χ1n) is 6.16. The first-order valence-corrected chi connectivity index (χ1v) is 6.16. The van der Waals surface area contributed by atoms with E-state index in [1.807, 2.05) is 32.6 Å². The average Bonchev–Trinajstić information content (AvgIpc) is 2.29. The summed E-state index contributed by atoms with van der Waals surface area (Å²) in [4.78, 5) is 17.0. The molecule has 6 nitrogen and oxygen atoms in total. The van der Waals surface area contributed by atoms with E-state index in [0.717, 1.165) is 6.54 Å². The molecule has 0 aliphatic rings. The molecule has 1 aromatic rings. The van der Waals surface area contributed by atoms with Crippen LogP contribution in [0.2, 0.25) is 0 Å². The summed E-state index contributed by atoms with van der Waals surface area (Å²) in [6.07, 6.45) is 0. The van der Waals surface area contributed by atoms with Gasteiger partial charge in [0.25, 0.3) is 5.69 Å². The maximum absolute atomic E-state index is 10.9. The summed E-state index contributed by atoms with van der Waals surface area (Å²) in [5.74, 6) is 1.18. The van der Waals surface area contributed by atoms with Gasteiger partial charge in [-0.3, -0.25) is 10.1 Å². The Morgan fingerprint density at radius 2 is 2.11 bits per heavy atom. The number of anilines is 2. The molecule has 0 saturated carbocycles. The van der Waals surface area contributed by atoms with Gasteiger partial charge >= 0.3 is 0 Å². The topological polar surface area (TPSA) is 71.3 Å². The number of hydrogen-bond donors (Lipinski definition) is 1. The van der Waals surface area contributed by atoms with Crippen LogP contribution in [0.3, 0.4) is 0 Å². The number of hydrogen-bond acceptors (Lipinski definition) is 5.